The van der Waals surface area contributed by atoms with Crippen LogP contribution in [0.2, 0.25) is 0 Å². The van der Waals surface area contributed by atoms with Crippen LogP contribution in [0.15, 0.2) is 0 Å². The fourth-order valence-electron chi connectivity index (χ4n) is 3.76. The summed E-state index contributed by atoms with van der Waals surface area (Å²) in [5, 5.41) is 3.62. The fraction of sp³-hybridized carbons (Fsp3) is 0.941. The van der Waals surface area contributed by atoms with Crippen LogP contribution in [-0.2, 0) is 4.79 Å². The number of nitrogens with zero attached hydrogens (tertiary/aromatic N) is 1. The van der Waals surface area contributed by atoms with E-state index >= 15 is 0 Å². The van der Waals surface area contributed by atoms with E-state index in [1.807, 2.05) is 0 Å². The third kappa shape index (κ3) is 4.21. The van der Waals surface area contributed by atoms with E-state index in [2.05, 4.69) is 31.0 Å². The zero-order valence-electron chi connectivity index (χ0n) is 13.6. The molecule has 3 nitrogen and oxygen atoms in total. The van der Waals surface area contributed by atoms with Crippen molar-refractivity contribution in [2.45, 2.75) is 71.8 Å². The molecule has 2 unspecified atom stereocenters. The molecule has 20 heavy (non-hydrogen) atoms. The molecule has 0 bridgehead atoms. The third-order valence-electron chi connectivity index (χ3n) is 5.32. The highest BCUT2D eigenvalue weighted by Crippen LogP contribution is 2.32. The van der Waals surface area contributed by atoms with Crippen molar-refractivity contribution in [1.82, 2.24) is 10.2 Å². The van der Waals surface area contributed by atoms with E-state index < -0.39 is 0 Å². The maximum Gasteiger partial charge on any atom is 0.222 e. The van der Waals surface area contributed by atoms with Gasteiger partial charge in [-0.15, -0.1) is 0 Å². The quantitative estimate of drug-likeness (QED) is 0.839. The Morgan fingerprint density at radius 3 is 2.85 bits per heavy atom. The van der Waals surface area contributed by atoms with Gasteiger partial charge in [-0.05, 0) is 50.0 Å². The van der Waals surface area contributed by atoms with E-state index in [1.165, 1.54) is 25.7 Å². The molecule has 0 spiro atoms. The minimum absolute atomic E-state index is 0.337. The zero-order valence-corrected chi connectivity index (χ0v) is 13.6. The molecular formula is C17H32N2O. The van der Waals surface area contributed by atoms with E-state index in [4.69, 9.17) is 0 Å². The standard InChI is InChI=1S/C17H32N2O/c1-4-18-15-7-5-6-14(15)9-12-19-13-11-17(2,3)10-8-16(19)20/h14-15,18H,4-13H2,1-3H3. The number of amides is 1. The van der Waals surface area contributed by atoms with Crippen molar-refractivity contribution in [2.75, 3.05) is 19.6 Å². The number of carbonyl (C=O) groups is 1. The van der Waals surface area contributed by atoms with E-state index in [0.29, 0.717) is 17.4 Å². The van der Waals surface area contributed by atoms with Crippen LogP contribution in [0.25, 0.3) is 0 Å². The molecule has 1 saturated heterocycles. The van der Waals surface area contributed by atoms with Gasteiger partial charge in [-0.25, -0.2) is 0 Å². The molecule has 0 aromatic carbocycles. The number of nitrogens with one attached hydrogen (secondary N) is 1. The summed E-state index contributed by atoms with van der Waals surface area (Å²) in [6.45, 7) is 9.78. The van der Waals surface area contributed by atoms with Crippen molar-refractivity contribution in [3.8, 4) is 0 Å². The fourth-order valence-corrected chi connectivity index (χ4v) is 3.76. The first-order chi connectivity index (χ1) is 9.52. The van der Waals surface area contributed by atoms with Gasteiger partial charge in [-0.2, -0.15) is 0 Å². The molecule has 2 aliphatic rings. The van der Waals surface area contributed by atoms with Crippen molar-refractivity contribution in [2.24, 2.45) is 11.3 Å². The molecule has 3 heteroatoms. The Morgan fingerprint density at radius 1 is 1.30 bits per heavy atom. The maximum absolute atomic E-state index is 12.2. The summed E-state index contributed by atoms with van der Waals surface area (Å²) < 4.78 is 0. The van der Waals surface area contributed by atoms with Gasteiger partial charge in [0.2, 0.25) is 5.91 Å². The summed E-state index contributed by atoms with van der Waals surface area (Å²) in [7, 11) is 0. The molecule has 1 amide bonds. The number of rotatable bonds is 5. The first kappa shape index (κ1) is 15.8. The van der Waals surface area contributed by atoms with Crippen LogP contribution < -0.4 is 5.32 Å². The van der Waals surface area contributed by atoms with Gasteiger partial charge in [0, 0.05) is 25.6 Å². The summed E-state index contributed by atoms with van der Waals surface area (Å²) in [6, 6.07) is 0.693. The molecule has 1 saturated carbocycles. The van der Waals surface area contributed by atoms with Gasteiger partial charge in [0.05, 0.1) is 0 Å². The lowest BCUT2D eigenvalue weighted by molar-refractivity contribution is -0.130. The Bertz CT molecular complexity index is 327. The molecular weight excluding hydrogens is 248 g/mol. The van der Waals surface area contributed by atoms with Gasteiger partial charge in [0.25, 0.3) is 0 Å². The second-order valence-corrected chi connectivity index (χ2v) is 7.44. The van der Waals surface area contributed by atoms with Crippen LogP contribution in [-0.4, -0.2) is 36.5 Å². The molecule has 0 aromatic rings. The second kappa shape index (κ2) is 6.93. The normalized spacial score (nSPS) is 30.6. The Kier molecular flexibility index (Phi) is 5.48. The monoisotopic (exact) mass is 280 g/mol. The Morgan fingerprint density at radius 2 is 2.10 bits per heavy atom. The lowest BCUT2D eigenvalue weighted by Gasteiger charge is -2.26. The largest absolute Gasteiger partial charge is 0.343 e. The molecule has 1 aliphatic carbocycles. The van der Waals surface area contributed by atoms with Gasteiger partial charge in [-0.3, -0.25) is 4.79 Å². The molecule has 1 N–H and O–H groups in total. The first-order valence-electron chi connectivity index (χ1n) is 8.53. The highest BCUT2D eigenvalue weighted by molar-refractivity contribution is 5.76. The number of hydrogen-bond donors (Lipinski definition) is 1. The van der Waals surface area contributed by atoms with Gasteiger partial charge in [-0.1, -0.05) is 27.2 Å². The topological polar surface area (TPSA) is 32.3 Å². The van der Waals surface area contributed by atoms with Crippen molar-refractivity contribution in [3.63, 3.8) is 0 Å². The molecule has 2 rings (SSSR count). The van der Waals surface area contributed by atoms with Crippen LogP contribution in [0.3, 0.4) is 0 Å². The molecule has 0 radical (unpaired) electrons. The summed E-state index contributed by atoms with van der Waals surface area (Å²) in [6.07, 6.45) is 8.14. The lowest BCUT2D eigenvalue weighted by atomic mass is 9.85. The van der Waals surface area contributed by atoms with Crippen LogP contribution in [0.1, 0.15) is 65.7 Å². The van der Waals surface area contributed by atoms with Gasteiger partial charge in [0.1, 0.15) is 0 Å². The van der Waals surface area contributed by atoms with Crippen LogP contribution in [0.5, 0.6) is 0 Å². The van der Waals surface area contributed by atoms with Gasteiger partial charge >= 0.3 is 0 Å². The number of likely N-dealkylation sites (tertiary alicyclic amines) is 1. The highest BCUT2D eigenvalue weighted by Gasteiger charge is 2.30. The van der Waals surface area contributed by atoms with Gasteiger partial charge in [0.15, 0.2) is 0 Å². The van der Waals surface area contributed by atoms with Crippen molar-refractivity contribution < 1.29 is 4.79 Å². The average molecular weight is 280 g/mol. The Labute approximate surface area is 124 Å². The molecule has 116 valence electrons. The van der Waals surface area contributed by atoms with Gasteiger partial charge < -0.3 is 10.2 Å². The van der Waals surface area contributed by atoms with E-state index in [9.17, 15) is 4.79 Å². The molecule has 2 fully saturated rings. The number of carbonyl (C=O) groups excluding carboxylic acids is 1. The van der Waals surface area contributed by atoms with Crippen molar-refractivity contribution in [3.05, 3.63) is 0 Å². The average Bonchev–Trinajstić information content (AvgIpc) is 2.79. The van der Waals surface area contributed by atoms with Crippen LogP contribution in [0, 0.1) is 11.3 Å². The Balaban J connectivity index is 1.82. The SMILES string of the molecule is CCNC1CCCC1CCN1CCC(C)(C)CCC1=O. The zero-order chi connectivity index (χ0) is 14.6. The second-order valence-electron chi connectivity index (χ2n) is 7.44. The summed E-state index contributed by atoms with van der Waals surface area (Å²) in [5.74, 6) is 1.16. The molecule has 1 heterocycles. The molecule has 0 aromatic heterocycles. The van der Waals surface area contributed by atoms with Crippen molar-refractivity contribution in [1.29, 1.82) is 0 Å². The van der Waals surface area contributed by atoms with Crippen LogP contribution >= 0.6 is 0 Å². The van der Waals surface area contributed by atoms with E-state index in [0.717, 1.165) is 44.8 Å². The first-order valence-corrected chi connectivity index (χ1v) is 8.53. The minimum atomic E-state index is 0.337. The third-order valence-corrected chi connectivity index (χ3v) is 5.32. The summed E-state index contributed by atoms with van der Waals surface area (Å²) >= 11 is 0. The predicted octanol–water partition coefficient (Wildman–Crippen LogP) is 3.19. The molecule has 2 atom stereocenters. The molecule has 1 aliphatic heterocycles. The maximum atomic E-state index is 12.2. The van der Waals surface area contributed by atoms with E-state index in [1.54, 1.807) is 0 Å². The predicted molar refractivity (Wildman–Crippen MR) is 83.6 cm³/mol. The minimum Gasteiger partial charge on any atom is -0.343 e. The smallest absolute Gasteiger partial charge is 0.222 e. The summed E-state index contributed by atoms with van der Waals surface area (Å²) in [4.78, 5) is 14.4. The van der Waals surface area contributed by atoms with E-state index in [-0.39, 0.29) is 0 Å². The lowest BCUT2D eigenvalue weighted by Crippen LogP contribution is -2.36. The Hall–Kier alpha value is -0.570. The van der Waals surface area contributed by atoms with Crippen LogP contribution in [0.4, 0.5) is 0 Å². The number of hydrogen-bond acceptors (Lipinski definition) is 2. The summed E-state index contributed by atoms with van der Waals surface area (Å²) in [5.41, 5.74) is 0.337. The van der Waals surface area contributed by atoms with Crippen molar-refractivity contribution >= 4 is 5.91 Å². The highest BCUT2D eigenvalue weighted by atomic mass is 16.2.